The van der Waals surface area contributed by atoms with Crippen molar-refractivity contribution in [2.75, 3.05) is 11.9 Å². The molecule has 5 heteroatoms. The van der Waals surface area contributed by atoms with Crippen LogP contribution in [0.25, 0.3) is 0 Å². The fourth-order valence-corrected chi connectivity index (χ4v) is 1.16. The van der Waals surface area contributed by atoms with Crippen LogP contribution in [-0.4, -0.2) is 12.7 Å². The predicted molar refractivity (Wildman–Crippen MR) is 50.3 cm³/mol. The lowest BCUT2D eigenvalue weighted by Crippen LogP contribution is -2.15. The number of nitrogens with one attached hydrogen (secondary N) is 1. The first kappa shape index (κ1) is 11.8. The summed E-state index contributed by atoms with van der Waals surface area (Å²) in [4.78, 5) is 0. The van der Waals surface area contributed by atoms with Gasteiger partial charge in [-0.15, -0.1) is 0 Å². The summed E-state index contributed by atoms with van der Waals surface area (Å²) in [5.74, 6) is -0.395. The SMILES string of the molecule is Cc1cc(F)ccc1NCCC(F)(F)F. The van der Waals surface area contributed by atoms with Crippen LogP contribution < -0.4 is 5.32 Å². The Kier molecular flexibility index (Phi) is 3.55. The topological polar surface area (TPSA) is 12.0 Å². The van der Waals surface area contributed by atoms with Gasteiger partial charge in [-0.2, -0.15) is 13.2 Å². The summed E-state index contributed by atoms with van der Waals surface area (Å²) in [5.41, 5.74) is 1.12. The van der Waals surface area contributed by atoms with Gasteiger partial charge in [0.2, 0.25) is 0 Å². The van der Waals surface area contributed by atoms with E-state index in [2.05, 4.69) is 5.32 Å². The molecule has 0 aliphatic heterocycles. The van der Waals surface area contributed by atoms with Crippen molar-refractivity contribution in [1.29, 1.82) is 0 Å². The summed E-state index contributed by atoms with van der Waals surface area (Å²) in [6.45, 7) is 1.44. The Balaban J connectivity index is 2.51. The molecule has 15 heavy (non-hydrogen) atoms. The number of benzene rings is 1. The van der Waals surface area contributed by atoms with Crippen LogP contribution in [0, 0.1) is 12.7 Å². The second-order valence-electron chi connectivity index (χ2n) is 3.25. The molecule has 0 heterocycles. The van der Waals surface area contributed by atoms with E-state index in [1.807, 2.05) is 0 Å². The summed E-state index contributed by atoms with van der Waals surface area (Å²) in [7, 11) is 0. The molecule has 0 radical (unpaired) electrons. The molecule has 0 aliphatic rings. The van der Waals surface area contributed by atoms with Gasteiger partial charge in [0.25, 0.3) is 0 Å². The average Bonchev–Trinajstić information content (AvgIpc) is 2.07. The first-order chi connectivity index (χ1) is 6.88. The highest BCUT2D eigenvalue weighted by molar-refractivity contribution is 5.50. The number of halogens is 4. The zero-order valence-electron chi connectivity index (χ0n) is 8.16. The molecular weight excluding hydrogens is 210 g/mol. The maximum Gasteiger partial charge on any atom is 0.390 e. The van der Waals surface area contributed by atoms with Gasteiger partial charge >= 0.3 is 6.18 Å². The van der Waals surface area contributed by atoms with E-state index in [0.717, 1.165) is 0 Å². The van der Waals surface area contributed by atoms with E-state index in [1.54, 1.807) is 6.92 Å². The highest BCUT2D eigenvalue weighted by Gasteiger charge is 2.26. The molecule has 1 rings (SSSR count). The number of hydrogen-bond acceptors (Lipinski definition) is 1. The number of hydrogen-bond donors (Lipinski definition) is 1. The minimum atomic E-state index is -4.17. The third-order valence-electron chi connectivity index (χ3n) is 1.91. The summed E-state index contributed by atoms with van der Waals surface area (Å²) in [6, 6.07) is 3.92. The minimum Gasteiger partial charge on any atom is -0.384 e. The summed E-state index contributed by atoms with van der Waals surface area (Å²) in [6.07, 6.45) is -5.06. The molecule has 0 fully saturated rings. The van der Waals surface area contributed by atoms with Crippen LogP contribution >= 0.6 is 0 Å². The smallest absolute Gasteiger partial charge is 0.384 e. The monoisotopic (exact) mass is 221 g/mol. The van der Waals surface area contributed by atoms with Crippen molar-refractivity contribution in [3.63, 3.8) is 0 Å². The van der Waals surface area contributed by atoms with Crippen molar-refractivity contribution in [3.05, 3.63) is 29.6 Å². The molecular formula is C10H11F4N. The maximum atomic E-state index is 12.7. The molecule has 1 nitrogen and oxygen atoms in total. The normalized spacial score (nSPS) is 11.5. The fraction of sp³-hybridized carbons (Fsp3) is 0.400. The molecule has 0 aromatic heterocycles. The van der Waals surface area contributed by atoms with Crippen LogP contribution in [0.5, 0.6) is 0 Å². The Hall–Kier alpha value is -1.26. The van der Waals surface area contributed by atoms with E-state index >= 15 is 0 Å². The minimum absolute atomic E-state index is 0.198. The van der Waals surface area contributed by atoms with Gasteiger partial charge in [-0.25, -0.2) is 4.39 Å². The lowest BCUT2D eigenvalue weighted by atomic mass is 10.2. The van der Waals surface area contributed by atoms with E-state index in [0.29, 0.717) is 11.3 Å². The van der Waals surface area contributed by atoms with Gasteiger partial charge in [-0.1, -0.05) is 0 Å². The van der Waals surface area contributed by atoms with E-state index in [9.17, 15) is 17.6 Å². The highest BCUT2D eigenvalue weighted by Crippen LogP contribution is 2.20. The van der Waals surface area contributed by atoms with Gasteiger partial charge in [0.1, 0.15) is 5.82 Å². The molecule has 0 aliphatic carbocycles. The van der Waals surface area contributed by atoms with Gasteiger partial charge in [0, 0.05) is 12.2 Å². The Morgan fingerprint density at radius 3 is 2.47 bits per heavy atom. The van der Waals surface area contributed by atoms with Gasteiger partial charge in [-0.05, 0) is 30.7 Å². The quantitative estimate of drug-likeness (QED) is 0.770. The molecule has 0 amide bonds. The van der Waals surface area contributed by atoms with E-state index in [1.165, 1.54) is 18.2 Å². The zero-order chi connectivity index (χ0) is 11.5. The van der Waals surface area contributed by atoms with Crippen LogP contribution in [0.2, 0.25) is 0 Å². The van der Waals surface area contributed by atoms with E-state index in [4.69, 9.17) is 0 Å². The maximum absolute atomic E-state index is 12.7. The summed E-state index contributed by atoms with van der Waals surface area (Å²) >= 11 is 0. The number of aryl methyl sites for hydroxylation is 1. The molecule has 1 N–H and O–H groups in total. The second kappa shape index (κ2) is 4.51. The standard InChI is InChI=1S/C10H11F4N/c1-7-6-8(11)2-3-9(7)15-5-4-10(12,13)14/h2-3,6,15H,4-5H2,1H3. The first-order valence-corrected chi connectivity index (χ1v) is 4.45. The molecule has 0 saturated heterocycles. The number of rotatable bonds is 3. The van der Waals surface area contributed by atoms with Crippen molar-refractivity contribution in [2.24, 2.45) is 0 Å². The van der Waals surface area contributed by atoms with Gasteiger partial charge in [-0.3, -0.25) is 0 Å². The number of alkyl halides is 3. The molecule has 0 saturated carbocycles. The third-order valence-corrected chi connectivity index (χ3v) is 1.91. The van der Waals surface area contributed by atoms with E-state index < -0.39 is 18.4 Å². The van der Waals surface area contributed by atoms with Crippen molar-refractivity contribution in [1.82, 2.24) is 0 Å². The van der Waals surface area contributed by atoms with Crippen LogP contribution in [0.3, 0.4) is 0 Å². The lowest BCUT2D eigenvalue weighted by molar-refractivity contribution is -0.131. The molecule has 0 unspecified atom stereocenters. The van der Waals surface area contributed by atoms with Crippen LogP contribution in [0.4, 0.5) is 23.2 Å². The predicted octanol–water partition coefficient (Wildman–Crippen LogP) is 3.50. The largest absolute Gasteiger partial charge is 0.390 e. The Bertz CT molecular complexity index is 333. The molecule has 0 spiro atoms. The Morgan fingerprint density at radius 1 is 1.27 bits per heavy atom. The Labute approximate surface area is 85.1 Å². The van der Waals surface area contributed by atoms with Gasteiger partial charge in [0.05, 0.1) is 6.42 Å². The second-order valence-corrected chi connectivity index (χ2v) is 3.25. The molecule has 0 atom stereocenters. The fourth-order valence-electron chi connectivity index (χ4n) is 1.16. The van der Waals surface area contributed by atoms with E-state index in [-0.39, 0.29) is 6.54 Å². The van der Waals surface area contributed by atoms with Crippen LogP contribution in [0.1, 0.15) is 12.0 Å². The third kappa shape index (κ3) is 4.18. The van der Waals surface area contributed by atoms with Crippen molar-refractivity contribution < 1.29 is 17.6 Å². The summed E-state index contributed by atoms with van der Waals surface area (Å²) in [5, 5.41) is 2.61. The van der Waals surface area contributed by atoms with Crippen molar-refractivity contribution >= 4 is 5.69 Å². The molecule has 1 aromatic rings. The molecule has 0 bridgehead atoms. The van der Waals surface area contributed by atoms with Crippen molar-refractivity contribution in [2.45, 2.75) is 19.5 Å². The van der Waals surface area contributed by atoms with Gasteiger partial charge < -0.3 is 5.32 Å². The zero-order valence-corrected chi connectivity index (χ0v) is 8.16. The van der Waals surface area contributed by atoms with Gasteiger partial charge in [0.15, 0.2) is 0 Å². The lowest BCUT2D eigenvalue weighted by Gasteiger charge is -2.10. The first-order valence-electron chi connectivity index (χ1n) is 4.45. The van der Waals surface area contributed by atoms with Crippen LogP contribution in [-0.2, 0) is 0 Å². The highest BCUT2D eigenvalue weighted by atomic mass is 19.4. The Morgan fingerprint density at radius 2 is 1.93 bits per heavy atom. The van der Waals surface area contributed by atoms with Crippen molar-refractivity contribution in [3.8, 4) is 0 Å². The number of anilines is 1. The molecule has 84 valence electrons. The summed E-state index contributed by atoms with van der Waals surface area (Å²) < 4.78 is 48.1. The van der Waals surface area contributed by atoms with Crippen LogP contribution in [0.15, 0.2) is 18.2 Å². The average molecular weight is 221 g/mol. The molecule has 1 aromatic carbocycles.